The molecule has 106 valence electrons. The highest BCUT2D eigenvalue weighted by molar-refractivity contribution is 6.05. The van der Waals surface area contributed by atoms with Crippen molar-refractivity contribution in [2.45, 2.75) is 13.8 Å². The normalized spacial score (nSPS) is 10.8. The molecule has 21 heavy (non-hydrogen) atoms. The van der Waals surface area contributed by atoms with Gasteiger partial charge in [-0.2, -0.15) is 0 Å². The summed E-state index contributed by atoms with van der Waals surface area (Å²) in [5, 5.41) is 20.4. The van der Waals surface area contributed by atoms with Gasteiger partial charge < -0.3 is 10.4 Å². The van der Waals surface area contributed by atoms with Crippen molar-refractivity contribution in [3.63, 3.8) is 0 Å². The number of amides is 1. The van der Waals surface area contributed by atoms with Gasteiger partial charge in [0, 0.05) is 11.8 Å². The zero-order valence-corrected chi connectivity index (χ0v) is 11.7. The summed E-state index contributed by atoms with van der Waals surface area (Å²) in [6.45, 7) is 3.71. The van der Waals surface area contributed by atoms with Crippen molar-refractivity contribution < 1.29 is 9.90 Å². The summed E-state index contributed by atoms with van der Waals surface area (Å²) in [6, 6.07) is 8.42. The Hall–Kier alpha value is -2.89. The maximum atomic E-state index is 12.2. The minimum Gasteiger partial charge on any atom is -0.506 e. The number of aromatic hydroxyl groups is 1. The molecule has 0 fully saturated rings. The number of aryl methyl sites for hydroxylation is 2. The highest BCUT2D eigenvalue weighted by atomic mass is 16.3. The Labute approximate surface area is 121 Å². The van der Waals surface area contributed by atoms with Gasteiger partial charge in [0.15, 0.2) is 5.65 Å². The first-order chi connectivity index (χ1) is 10.0. The summed E-state index contributed by atoms with van der Waals surface area (Å²) in [7, 11) is 0. The van der Waals surface area contributed by atoms with Crippen LogP contribution in [0.4, 0.5) is 5.69 Å². The second kappa shape index (κ2) is 4.90. The van der Waals surface area contributed by atoms with E-state index in [-0.39, 0.29) is 11.7 Å². The van der Waals surface area contributed by atoms with Gasteiger partial charge in [0.2, 0.25) is 0 Å². The molecule has 0 aliphatic rings. The fraction of sp³-hybridized carbons (Fsp3) is 0.133. The number of fused-ring (bicyclic) bond motifs is 1. The van der Waals surface area contributed by atoms with E-state index in [4.69, 9.17) is 0 Å². The molecule has 1 aromatic carbocycles. The van der Waals surface area contributed by atoms with Gasteiger partial charge in [-0.3, -0.25) is 9.20 Å². The lowest BCUT2D eigenvalue weighted by Crippen LogP contribution is -2.12. The van der Waals surface area contributed by atoms with Crippen molar-refractivity contribution >= 4 is 17.2 Å². The van der Waals surface area contributed by atoms with Crippen molar-refractivity contribution in [2.24, 2.45) is 0 Å². The van der Waals surface area contributed by atoms with Gasteiger partial charge in [0.25, 0.3) is 5.91 Å². The second-order valence-corrected chi connectivity index (χ2v) is 4.87. The second-order valence-electron chi connectivity index (χ2n) is 4.87. The average Bonchev–Trinajstić information content (AvgIpc) is 2.83. The number of nitrogens with zero attached hydrogens (tertiary/aromatic N) is 3. The molecule has 2 heterocycles. The number of phenols is 1. The van der Waals surface area contributed by atoms with Gasteiger partial charge in [-0.25, -0.2) is 0 Å². The number of pyridine rings is 1. The Kier molecular flexibility index (Phi) is 3.06. The van der Waals surface area contributed by atoms with E-state index >= 15 is 0 Å². The Balaban J connectivity index is 1.89. The Morgan fingerprint density at radius 3 is 2.76 bits per heavy atom. The minimum atomic E-state index is -0.308. The van der Waals surface area contributed by atoms with Gasteiger partial charge in [-0.1, -0.05) is 6.07 Å². The van der Waals surface area contributed by atoms with E-state index in [1.165, 1.54) is 0 Å². The van der Waals surface area contributed by atoms with E-state index in [9.17, 15) is 9.90 Å². The van der Waals surface area contributed by atoms with Crippen LogP contribution in [0.2, 0.25) is 0 Å². The van der Waals surface area contributed by atoms with Crippen LogP contribution in [-0.2, 0) is 0 Å². The molecule has 0 bridgehead atoms. The van der Waals surface area contributed by atoms with E-state index in [0.717, 1.165) is 11.4 Å². The number of hydrogen-bond donors (Lipinski definition) is 2. The van der Waals surface area contributed by atoms with Gasteiger partial charge in [0.1, 0.15) is 11.6 Å². The third-order valence-electron chi connectivity index (χ3n) is 3.24. The smallest absolute Gasteiger partial charge is 0.255 e. The Bertz CT molecular complexity index is 839. The van der Waals surface area contributed by atoms with Crippen LogP contribution in [0.15, 0.2) is 36.5 Å². The van der Waals surface area contributed by atoms with E-state index < -0.39 is 0 Å². The van der Waals surface area contributed by atoms with Gasteiger partial charge in [-0.05, 0) is 43.7 Å². The van der Waals surface area contributed by atoms with E-state index in [1.807, 2.05) is 19.9 Å². The van der Waals surface area contributed by atoms with Crippen molar-refractivity contribution in [1.82, 2.24) is 14.6 Å². The number of nitrogens with one attached hydrogen (secondary N) is 1. The molecule has 0 aliphatic heterocycles. The average molecular weight is 282 g/mol. The molecule has 0 atom stereocenters. The number of rotatable bonds is 2. The van der Waals surface area contributed by atoms with Crippen molar-refractivity contribution in [3.8, 4) is 5.75 Å². The van der Waals surface area contributed by atoms with E-state index in [2.05, 4.69) is 15.5 Å². The largest absolute Gasteiger partial charge is 0.506 e. The zero-order valence-electron chi connectivity index (χ0n) is 11.7. The molecule has 6 nitrogen and oxygen atoms in total. The fourth-order valence-electron chi connectivity index (χ4n) is 2.09. The topological polar surface area (TPSA) is 79.5 Å². The lowest BCUT2D eigenvalue weighted by atomic mass is 10.2. The molecule has 6 heteroatoms. The monoisotopic (exact) mass is 282 g/mol. The van der Waals surface area contributed by atoms with Crippen molar-refractivity contribution in [3.05, 3.63) is 53.5 Å². The molecule has 1 amide bonds. The molecule has 0 saturated carbocycles. The molecular weight excluding hydrogens is 268 g/mol. The molecule has 0 radical (unpaired) electrons. The highest BCUT2D eigenvalue weighted by Gasteiger charge is 2.11. The van der Waals surface area contributed by atoms with E-state index in [1.54, 1.807) is 34.9 Å². The summed E-state index contributed by atoms with van der Waals surface area (Å²) < 4.78 is 1.79. The highest BCUT2D eigenvalue weighted by Crippen LogP contribution is 2.24. The lowest BCUT2D eigenvalue weighted by Gasteiger charge is -2.08. The first-order valence-electron chi connectivity index (χ1n) is 6.47. The van der Waals surface area contributed by atoms with Crippen LogP contribution in [0.1, 0.15) is 21.7 Å². The lowest BCUT2D eigenvalue weighted by molar-refractivity contribution is 0.102. The third-order valence-corrected chi connectivity index (χ3v) is 3.24. The van der Waals surface area contributed by atoms with Crippen LogP contribution in [0, 0.1) is 13.8 Å². The van der Waals surface area contributed by atoms with Crippen molar-refractivity contribution in [1.29, 1.82) is 0 Å². The number of anilines is 1. The maximum absolute atomic E-state index is 12.2. The molecule has 2 N–H and O–H groups in total. The summed E-state index contributed by atoms with van der Waals surface area (Å²) >= 11 is 0. The molecule has 3 rings (SSSR count). The molecule has 3 aromatic rings. The van der Waals surface area contributed by atoms with Crippen molar-refractivity contribution in [2.75, 3.05) is 5.32 Å². The van der Waals surface area contributed by atoms with Crippen LogP contribution >= 0.6 is 0 Å². The summed E-state index contributed by atoms with van der Waals surface area (Å²) in [5.74, 6) is 0.494. The maximum Gasteiger partial charge on any atom is 0.255 e. The standard InChI is InChI=1S/C15H14N4O2/c1-9-3-4-12(13(20)7-9)16-15(21)11-5-6-19-10(2)17-18-14(19)8-11/h3-8,20H,1-2H3,(H,16,21). The Morgan fingerprint density at radius 2 is 2.00 bits per heavy atom. The van der Waals surface area contributed by atoms with Gasteiger partial charge >= 0.3 is 0 Å². The third kappa shape index (κ3) is 2.43. The van der Waals surface area contributed by atoms with Crippen LogP contribution < -0.4 is 5.32 Å². The number of benzene rings is 1. The number of phenolic OH excluding ortho intramolecular Hbond substituents is 1. The van der Waals surface area contributed by atoms with Crippen LogP contribution in [0.25, 0.3) is 5.65 Å². The zero-order chi connectivity index (χ0) is 15.0. The molecule has 0 unspecified atom stereocenters. The van der Waals surface area contributed by atoms with Gasteiger partial charge in [0.05, 0.1) is 5.69 Å². The predicted octanol–water partition coefficient (Wildman–Crippen LogP) is 2.30. The molecule has 0 spiro atoms. The fourth-order valence-corrected chi connectivity index (χ4v) is 2.09. The van der Waals surface area contributed by atoms with Gasteiger partial charge in [-0.15, -0.1) is 10.2 Å². The van der Waals surface area contributed by atoms with Crippen LogP contribution in [-0.4, -0.2) is 25.6 Å². The number of carbonyl (C=O) groups excluding carboxylic acids is 1. The van der Waals surface area contributed by atoms with E-state index in [0.29, 0.717) is 16.9 Å². The summed E-state index contributed by atoms with van der Waals surface area (Å²) in [5.41, 5.74) is 2.36. The number of carbonyl (C=O) groups is 1. The molecule has 2 aromatic heterocycles. The molecule has 0 saturated heterocycles. The number of hydrogen-bond acceptors (Lipinski definition) is 4. The SMILES string of the molecule is Cc1ccc(NC(=O)c2ccn3c(C)nnc3c2)c(O)c1. The summed E-state index contributed by atoms with van der Waals surface area (Å²) in [4.78, 5) is 12.2. The van der Waals surface area contributed by atoms with Crippen LogP contribution in [0.3, 0.4) is 0 Å². The quantitative estimate of drug-likeness (QED) is 0.707. The summed E-state index contributed by atoms with van der Waals surface area (Å²) in [6.07, 6.45) is 1.74. The first kappa shape index (κ1) is 13.1. The molecule has 0 aliphatic carbocycles. The molecular formula is C15H14N4O2. The number of aromatic nitrogens is 3. The predicted molar refractivity (Wildman–Crippen MR) is 78.5 cm³/mol. The Morgan fingerprint density at radius 1 is 1.19 bits per heavy atom. The van der Waals surface area contributed by atoms with Crippen LogP contribution in [0.5, 0.6) is 5.75 Å². The minimum absolute atomic E-state index is 0.0442. The first-order valence-corrected chi connectivity index (χ1v) is 6.47.